The van der Waals surface area contributed by atoms with Crippen LogP contribution in [0.2, 0.25) is 0 Å². The van der Waals surface area contributed by atoms with E-state index in [1.165, 1.54) is 18.3 Å². The number of benzene rings is 1. The van der Waals surface area contributed by atoms with Crippen LogP contribution in [-0.2, 0) is 6.54 Å². The Morgan fingerprint density at radius 1 is 1.30 bits per heavy atom. The molecule has 0 aliphatic rings. The number of nitrogens with one attached hydrogen (secondary N) is 1. The summed E-state index contributed by atoms with van der Waals surface area (Å²) in [6.07, 6.45) is 1.33. The van der Waals surface area contributed by atoms with Crippen LogP contribution in [0, 0.1) is 12.7 Å². The summed E-state index contributed by atoms with van der Waals surface area (Å²) in [6, 6.07) is 7.58. The zero-order valence-electron chi connectivity index (χ0n) is 15.2. The molecule has 1 N–H and O–H groups in total. The summed E-state index contributed by atoms with van der Waals surface area (Å²) >= 11 is 0. The van der Waals surface area contributed by atoms with Crippen LogP contribution < -0.4 is 10.1 Å². The SMILES string of the molecule is Cc1noc(CNC(=O)c2cnc(OC(C)C)c(-c3ccc(F)cc3)c2)n1. The van der Waals surface area contributed by atoms with Crippen LogP contribution >= 0.6 is 0 Å². The van der Waals surface area contributed by atoms with E-state index in [-0.39, 0.29) is 24.4 Å². The molecule has 3 aromatic rings. The van der Waals surface area contributed by atoms with Gasteiger partial charge in [-0.15, -0.1) is 0 Å². The van der Waals surface area contributed by atoms with Crippen LogP contribution in [0.3, 0.4) is 0 Å². The number of carbonyl (C=O) groups excluding carboxylic acids is 1. The van der Waals surface area contributed by atoms with Crippen molar-refractivity contribution in [1.82, 2.24) is 20.4 Å². The zero-order chi connectivity index (χ0) is 19.4. The van der Waals surface area contributed by atoms with E-state index < -0.39 is 0 Å². The lowest BCUT2D eigenvalue weighted by Gasteiger charge is -2.14. The molecule has 0 spiro atoms. The normalized spacial score (nSPS) is 10.9. The van der Waals surface area contributed by atoms with Crippen molar-refractivity contribution < 1.29 is 18.4 Å². The van der Waals surface area contributed by atoms with Crippen molar-refractivity contribution >= 4 is 5.91 Å². The Morgan fingerprint density at radius 3 is 2.67 bits per heavy atom. The lowest BCUT2D eigenvalue weighted by Crippen LogP contribution is -2.23. The van der Waals surface area contributed by atoms with Crippen molar-refractivity contribution in [3.05, 3.63) is 59.6 Å². The molecule has 140 valence electrons. The average Bonchev–Trinajstić information content (AvgIpc) is 3.06. The summed E-state index contributed by atoms with van der Waals surface area (Å²) in [5, 5.41) is 6.37. The Bertz CT molecular complexity index is 938. The van der Waals surface area contributed by atoms with Crippen molar-refractivity contribution in [1.29, 1.82) is 0 Å². The molecule has 0 atom stereocenters. The van der Waals surface area contributed by atoms with Gasteiger partial charge in [0.2, 0.25) is 11.8 Å². The van der Waals surface area contributed by atoms with Gasteiger partial charge in [0.1, 0.15) is 5.82 Å². The average molecular weight is 370 g/mol. The van der Waals surface area contributed by atoms with Gasteiger partial charge in [-0.1, -0.05) is 17.3 Å². The fraction of sp³-hybridized carbons (Fsp3) is 0.263. The third kappa shape index (κ3) is 4.66. The molecule has 2 heterocycles. The Hall–Kier alpha value is -3.29. The van der Waals surface area contributed by atoms with Gasteiger partial charge >= 0.3 is 0 Å². The summed E-state index contributed by atoms with van der Waals surface area (Å²) in [5.74, 6) is 0.488. The maximum atomic E-state index is 13.3. The zero-order valence-corrected chi connectivity index (χ0v) is 15.2. The second kappa shape index (κ2) is 7.94. The highest BCUT2D eigenvalue weighted by atomic mass is 19.1. The molecular weight excluding hydrogens is 351 g/mol. The van der Waals surface area contributed by atoms with E-state index in [0.717, 1.165) is 0 Å². The lowest BCUT2D eigenvalue weighted by molar-refractivity contribution is 0.0946. The van der Waals surface area contributed by atoms with E-state index in [9.17, 15) is 9.18 Å². The number of ether oxygens (including phenoxy) is 1. The molecule has 0 saturated heterocycles. The topological polar surface area (TPSA) is 90.1 Å². The van der Waals surface area contributed by atoms with E-state index in [1.807, 2.05) is 13.8 Å². The predicted octanol–water partition coefficient (Wildman–Crippen LogP) is 3.30. The molecule has 1 aromatic carbocycles. The van der Waals surface area contributed by atoms with Crippen LogP contribution in [0.5, 0.6) is 5.88 Å². The van der Waals surface area contributed by atoms with Gasteiger partial charge < -0.3 is 14.6 Å². The van der Waals surface area contributed by atoms with Crippen molar-refractivity contribution in [3.63, 3.8) is 0 Å². The van der Waals surface area contributed by atoms with Gasteiger partial charge in [0, 0.05) is 11.8 Å². The lowest BCUT2D eigenvalue weighted by atomic mass is 10.0. The maximum absolute atomic E-state index is 13.3. The molecule has 7 nitrogen and oxygen atoms in total. The summed E-state index contributed by atoms with van der Waals surface area (Å²) in [4.78, 5) is 20.8. The minimum absolute atomic E-state index is 0.0999. The number of carbonyl (C=O) groups is 1. The third-order valence-corrected chi connectivity index (χ3v) is 3.59. The van der Waals surface area contributed by atoms with Gasteiger partial charge in [-0.25, -0.2) is 9.37 Å². The number of aromatic nitrogens is 3. The van der Waals surface area contributed by atoms with Gasteiger partial charge in [-0.3, -0.25) is 4.79 Å². The molecule has 0 unspecified atom stereocenters. The fourth-order valence-electron chi connectivity index (χ4n) is 2.40. The maximum Gasteiger partial charge on any atom is 0.253 e. The second-order valence-corrected chi connectivity index (χ2v) is 6.17. The summed E-state index contributed by atoms with van der Waals surface area (Å²) in [7, 11) is 0. The van der Waals surface area contributed by atoms with E-state index in [4.69, 9.17) is 9.26 Å². The standard InChI is InChI=1S/C19H19FN4O3/c1-11(2)26-19-16(13-4-6-15(20)7-5-13)8-14(9-22-19)18(25)21-10-17-23-12(3)24-27-17/h4-9,11H,10H2,1-3H3,(H,21,25). The number of hydrogen-bond donors (Lipinski definition) is 1. The molecule has 0 radical (unpaired) electrons. The van der Waals surface area contributed by atoms with Crippen LogP contribution in [0.1, 0.15) is 35.9 Å². The minimum Gasteiger partial charge on any atom is -0.475 e. The number of pyridine rings is 1. The summed E-state index contributed by atoms with van der Waals surface area (Å²) in [5.41, 5.74) is 1.63. The Balaban J connectivity index is 1.86. The monoisotopic (exact) mass is 370 g/mol. The summed E-state index contributed by atoms with van der Waals surface area (Å²) in [6.45, 7) is 5.56. The fourth-order valence-corrected chi connectivity index (χ4v) is 2.40. The predicted molar refractivity (Wildman–Crippen MR) is 95.6 cm³/mol. The molecule has 3 rings (SSSR count). The van der Waals surface area contributed by atoms with Gasteiger partial charge in [-0.2, -0.15) is 4.98 Å². The molecule has 1 amide bonds. The number of rotatable bonds is 6. The van der Waals surface area contributed by atoms with Gasteiger partial charge in [0.05, 0.1) is 18.2 Å². The number of hydrogen-bond acceptors (Lipinski definition) is 6. The van der Waals surface area contributed by atoms with Crippen LogP contribution in [0.4, 0.5) is 4.39 Å². The Kier molecular flexibility index (Phi) is 5.44. The summed E-state index contributed by atoms with van der Waals surface area (Å²) < 4.78 is 24.0. The molecule has 2 aromatic heterocycles. The second-order valence-electron chi connectivity index (χ2n) is 6.17. The highest BCUT2D eigenvalue weighted by Gasteiger charge is 2.15. The Labute approximate surface area is 155 Å². The number of halogens is 1. The van der Waals surface area contributed by atoms with Crippen LogP contribution in [0.15, 0.2) is 41.1 Å². The molecule has 27 heavy (non-hydrogen) atoms. The first-order valence-corrected chi connectivity index (χ1v) is 8.42. The van der Waals surface area contributed by atoms with Crippen LogP contribution in [-0.4, -0.2) is 27.1 Å². The van der Waals surface area contributed by atoms with E-state index in [2.05, 4.69) is 20.4 Å². The quantitative estimate of drug-likeness (QED) is 0.716. The van der Waals surface area contributed by atoms with E-state index in [1.54, 1.807) is 25.1 Å². The Morgan fingerprint density at radius 2 is 2.04 bits per heavy atom. The van der Waals surface area contributed by atoms with Crippen molar-refractivity contribution in [2.45, 2.75) is 33.4 Å². The first kappa shape index (κ1) is 18.5. The van der Waals surface area contributed by atoms with Gasteiger partial charge in [-0.05, 0) is 44.5 Å². The number of aryl methyl sites for hydroxylation is 1. The first-order valence-electron chi connectivity index (χ1n) is 8.42. The van der Waals surface area contributed by atoms with Crippen LogP contribution in [0.25, 0.3) is 11.1 Å². The smallest absolute Gasteiger partial charge is 0.253 e. The molecule has 0 bridgehead atoms. The molecule has 0 aliphatic heterocycles. The minimum atomic E-state index is -0.349. The highest BCUT2D eigenvalue weighted by molar-refractivity contribution is 5.95. The highest BCUT2D eigenvalue weighted by Crippen LogP contribution is 2.30. The van der Waals surface area contributed by atoms with Gasteiger partial charge in [0.25, 0.3) is 5.91 Å². The number of amides is 1. The van der Waals surface area contributed by atoms with Crippen molar-refractivity contribution in [2.24, 2.45) is 0 Å². The van der Waals surface area contributed by atoms with E-state index in [0.29, 0.717) is 34.3 Å². The van der Waals surface area contributed by atoms with Crippen molar-refractivity contribution in [2.75, 3.05) is 0 Å². The molecular formula is C19H19FN4O3. The van der Waals surface area contributed by atoms with E-state index >= 15 is 0 Å². The molecule has 0 fully saturated rings. The molecule has 0 saturated carbocycles. The van der Waals surface area contributed by atoms with Gasteiger partial charge in [0.15, 0.2) is 5.82 Å². The molecule has 0 aliphatic carbocycles. The number of nitrogens with zero attached hydrogens (tertiary/aromatic N) is 3. The largest absolute Gasteiger partial charge is 0.475 e. The first-order chi connectivity index (χ1) is 12.9. The third-order valence-electron chi connectivity index (χ3n) is 3.59. The molecule has 8 heteroatoms. The van der Waals surface area contributed by atoms with Crippen molar-refractivity contribution in [3.8, 4) is 17.0 Å².